The van der Waals surface area contributed by atoms with Crippen molar-refractivity contribution in [3.8, 4) is 0 Å². The predicted molar refractivity (Wildman–Crippen MR) is 80.3 cm³/mol. The van der Waals surface area contributed by atoms with Crippen molar-refractivity contribution in [1.29, 1.82) is 0 Å². The molecule has 0 radical (unpaired) electrons. The highest BCUT2D eigenvalue weighted by Crippen LogP contribution is 2.36. The molecule has 0 aliphatic heterocycles. The Morgan fingerprint density at radius 2 is 2.09 bits per heavy atom. The van der Waals surface area contributed by atoms with Gasteiger partial charge in [0.15, 0.2) is 11.6 Å². The molecule has 5 nitrogen and oxygen atoms in total. The highest BCUT2D eigenvalue weighted by Gasteiger charge is 2.38. The number of carbonyl (C=O) groups is 1. The first-order valence-corrected chi connectivity index (χ1v) is 7.08. The molecule has 0 saturated heterocycles. The number of Topliss-reactive ketones (excluding diaryl/α,β-unsaturated/α-hetero) is 1. The Kier molecular flexibility index (Phi) is 5.11. The van der Waals surface area contributed by atoms with Crippen LogP contribution in [0.1, 0.15) is 47.8 Å². The van der Waals surface area contributed by atoms with Crippen LogP contribution in [0, 0.1) is 11.6 Å². The van der Waals surface area contributed by atoms with E-state index in [0.29, 0.717) is 17.8 Å². The fourth-order valence-corrected chi connectivity index (χ4v) is 2.41. The largest absolute Gasteiger partial charge is 0.339 e. The van der Waals surface area contributed by atoms with E-state index in [1.807, 2.05) is 0 Å². The summed E-state index contributed by atoms with van der Waals surface area (Å²) in [6, 6.07) is 2.87. The Balaban J connectivity index is 0.00000192. The number of nitrogens with zero attached hydrogens (tertiary/aromatic N) is 2. The smallest absolute Gasteiger partial charge is 0.227 e. The van der Waals surface area contributed by atoms with E-state index in [1.54, 1.807) is 0 Å². The van der Waals surface area contributed by atoms with Crippen molar-refractivity contribution < 1.29 is 18.1 Å². The Hall–Kier alpha value is -1.86. The lowest BCUT2D eigenvalue weighted by Gasteiger charge is -2.34. The van der Waals surface area contributed by atoms with Crippen LogP contribution in [0.15, 0.2) is 22.7 Å². The molecule has 2 N–H and O–H groups in total. The number of rotatable bonds is 5. The van der Waals surface area contributed by atoms with Crippen molar-refractivity contribution in [2.24, 2.45) is 5.73 Å². The number of hydrogen-bond acceptors (Lipinski definition) is 5. The monoisotopic (exact) mass is 343 g/mol. The molecule has 0 amide bonds. The van der Waals surface area contributed by atoms with E-state index in [1.165, 1.54) is 0 Å². The molecule has 1 aromatic carbocycles. The van der Waals surface area contributed by atoms with E-state index >= 15 is 0 Å². The molecule has 1 fully saturated rings. The number of halogens is 3. The van der Waals surface area contributed by atoms with Gasteiger partial charge in [-0.3, -0.25) is 4.79 Å². The van der Waals surface area contributed by atoms with Gasteiger partial charge in [0.25, 0.3) is 0 Å². The Bertz CT molecular complexity index is 716. The second kappa shape index (κ2) is 6.72. The lowest BCUT2D eigenvalue weighted by molar-refractivity contribution is 0.0975. The first-order chi connectivity index (χ1) is 10.5. The summed E-state index contributed by atoms with van der Waals surface area (Å²) in [4.78, 5) is 16.1. The number of ketones is 1. The summed E-state index contributed by atoms with van der Waals surface area (Å²) in [6.45, 7) is 0. The van der Waals surface area contributed by atoms with Crippen molar-refractivity contribution in [3.05, 3.63) is 47.1 Å². The van der Waals surface area contributed by atoms with Crippen molar-refractivity contribution in [1.82, 2.24) is 10.1 Å². The van der Waals surface area contributed by atoms with Gasteiger partial charge in [-0.25, -0.2) is 8.78 Å². The number of benzene rings is 1. The lowest BCUT2D eigenvalue weighted by Crippen LogP contribution is -2.44. The molecule has 1 aliphatic rings. The van der Waals surface area contributed by atoms with Crippen LogP contribution in [-0.2, 0) is 12.0 Å². The second-order valence-corrected chi connectivity index (χ2v) is 5.57. The molecular weight excluding hydrogens is 328 g/mol. The van der Waals surface area contributed by atoms with Crippen LogP contribution in [-0.4, -0.2) is 15.9 Å². The summed E-state index contributed by atoms with van der Waals surface area (Å²) >= 11 is 0. The predicted octanol–water partition coefficient (Wildman–Crippen LogP) is 2.92. The summed E-state index contributed by atoms with van der Waals surface area (Å²) in [6.07, 6.45) is 2.85. The third kappa shape index (κ3) is 3.56. The van der Waals surface area contributed by atoms with Gasteiger partial charge in [-0.15, -0.1) is 12.4 Å². The molecule has 0 spiro atoms. The van der Waals surface area contributed by atoms with E-state index in [2.05, 4.69) is 10.1 Å². The molecule has 0 unspecified atom stereocenters. The van der Waals surface area contributed by atoms with Gasteiger partial charge in [0.2, 0.25) is 5.89 Å². The van der Waals surface area contributed by atoms with Gasteiger partial charge >= 0.3 is 0 Å². The van der Waals surface area contributed by atoms with Crippen LogP contribution >= 0.6 is 12.4 Å². The van der Waals surface area contributed by atoms with Crippen LogP contribution in [0.5, 0.6) is 0 Å². The first-order valence-electron chi connectivity index (χ1n) is 7.08. The standard InChI is InChI=1S/C15H15F2N3O2.ClH/c16-9-2-3-10(11(17)8-9)12(21)4-5-13-19-14(20-22-13)15(18)6-1-7-15;/h2-3,8H,1,4-7,18H2;1H. The van der Waals surface area contributed by atoms with E-state index in [9.17, 15) is 13.6 Å². The number of aryl methyl sites for hydroxylation is 1. The molecule has 2 aromatic rings. The molecule has 0 bridgehead atoms. The second-order valence-electron chi connectivity index (χ2n) is 5.57. The number of aromatic nitrogens is 2. The summed E-state index contributed by atoms with van der Waals surface area (Å²) < 4.78 is 31.4. The number of hydrogen-bond donors (Lipinski definition) is 1. The first kappa shape index (κ1) is 17.5. The summed E-state index contributed by atoms with van der Waals surface area (Å²) in [7, 11) is 0. The van der Waals surface area contributed by atoms with Crippen molar-refractivity contribution >= 4 is 18.2 Å². The van der Waals surface area contributed by atoms with Gasteiger partial charge in [-0.2, -0.15) is 4.98 Å². The highest BCUT2D eigenvalue weighted by molar-refractivity contribution is 5.96. The molecule has 3 rings (SSSR count). The third-order valence-corrected chi connectivity index (χ3v) is 3.96. The summed E-state index contributed by atoms with van der Waals surface area (Å²) in [5.74, 6) is -1.28. The Morgan fingerprint density at radius 3 is 2.70 bits per heavy atom. The minimum atomic E-state index is -0.869. The fourth-order valence-electron chi connectivity index (χ4n) is 2.41. The average molecular weight is 344 g/mol. The minimum Gasteiger partial charge on any atom is -0.339 e. The zero-order chi connectivity index (χ0) is 15.7. The molecule has 23 heavy (non-hydrogen) atoms. The normalized spacial score (nSPS) is 15.6. The molecule has 1 aliphatic carbocycles. The fraction of sp³-hybridized carbons (Fsp3) is 0.400. The van der Waals surface area contributed by atoms with Crippen molar-refractivity contribution in [2.45, 2.75) is 37.6 Å². The summed E-state index contributed by atoms with van der Waals surface area (Å²) in [5, 5.41) is 3.84. The van der Waals surface area contributed by atoms with E-state index in [0.717, 1.165) is 31.4 Å². The zero-order valence-electron chi connectivity index (χ0n) is 12.2. The van der Waals surface area contributed by atoms with Crippen molar-refractivity contribution in [3.63, 3.8) is 0 Å². The number of carbonyl (C=O) groups excluding carboxylic acids is 1. The van der Waals surface area contributed by atoms with Crippen molar-refractivity contribution in [2.75, 3.05) is 0 Å². The zero-order valence-corrected chi connectivity index (χ0v) is 13.0. The van der Waals surface area contributed by atoms with E-state index in [-0.39, 0.29) is 30.8 Å². The van der Waals surface area contributed by atoms with Crippen LogP contribution in [0.3, 0.4) is 0 Å². The maximum atomic E-state index is 13.5. The third-order valence-electron chi connectivity index (χ3n) is 3.96. The van der Waals surface area contributed by atoms with Gasteiger partial charge in [0, 0.05) is 18.9 Å². The van der Waals surface area contributed by atoms with E-state index in [4.69, 9.17) is 10.3 Å². The van der Waals surface area contributed by atoms with Gasteiger partial charge in [0.1, 0.15) is 11.6 Å². The van der Waals surface area contributed by atoms with Gasteiger partial charge in [-0.05, 0) is 31.4 Å². The maximum absolute atomic E-state index is 13.5. The molecular formula is C15H16ClF2N3O2. The maximum Gasteiger partial charge on any atom is 0.227 e. The Labute approximate surface area is 137 Å². The van der Waals surface area contributed by atoms with Crippen LogP contribution in [0.4, 0.5) is 8.78 Å². The highest BCUT2D eigenvalue weighted by atomic mass is 35.5. The lowest BCUT2D eigenvalue weighted by atomic mass is 9.77. The Morgan fingerprint density at radius 1 is 1.35 bits per heavy atom. The quantitative estimate of drug-likeness (QED) is 0.844. The van der Waals surface area contributed by atoms with Gasteiger partial charge in [-0.1, -0.05) is 5.16 Å². The van der Waals surface area contributed by atoms with Gasteiger partial charge in [0.05, 0.1) is 11.1 Å². The minimum absolute atomic E-state index is 0. The van der Waals surface area contributed by atoms with Gasteiger partial charge < -0.3 is 10.3 Å². The molecule has 8 heteroatoms. The van der Waals surface area contributed by atoms with Crippen LogP contribution in [0.2, 0.25) is 0 Å². The molecule has 1 aromatic heterocycles. The van der Waals surface area contributed by atoms with Crippen LogP contribution in [0.25, 0.3) is 0 Å². The number of nitrogens with two attached hydrogens (primary N) is 1. The summed E-state index contributed by atoms with van der Waals surface area (Å²) in [5.41, 5.74) is 5.42. The molecule has 1 heterocycles. The average Bonchev–Trinajstić information content (AvgIpc) is 2.91. The topological polar surface area (TPSA) is 82.0 Å². The molecule has 124 valence electrons. The molecule has 1 saturated carbocycles. The van der Waals surface area contributed by atoms with Crippen LogP contribution < -0.4 is 5.73 Å². The molecule has 0 atom stereocenters. The SMILES string of the molecule is Cl.NC1(c2noc(CCC(=O)c3ccc(F)cc3F)n2)CCC1. The van der Waals surface area contributed by atoms with E-state index < -0.39 is 23.0 Å².